The summed E-state index contributed by atoms with van der Waals surface area (Å²) < 4.78 is 17.0. The van der Waals surface area contributed by atoms with Crippen LogP contribution in [0.25, 0.3) is 0 Å². The fourth-order valence-electron chi connectivity index (χ4n) is 10.2. The first-order valence-electron chi connectivity index (χ1n) is 34.0. The Kier molecular flexibility index (Phi) is 63.1. The first kappa shape index (κ1) is 73.6. The van der Waals surface area contributed by atoms with E-state index >= 15 is 0 Å². The minimum atomic E-state index is -0.774. The molecule has 0 radical (unpaired) electrons. The van der Waals surface area contributed by atoms with Crippen LogP contribution in [0.2, 0.25) is 0 Å². The van der Waals surface area contributed by atoms with Crippen LogP contribution < -0.4 is 0 Å². The van der Waals surface area contributed by atoms with Crippen molar-refractivity contribution in [2.75, 3.05) is 13.2 Å². The van der Waals surface area contributed by atoms with Gasteiger partial charge in [-0.05, 0) is 77.0 Å². The molecule has 0 saturated carbocycles. The molecule has 0 aliphatic rings. The maximum absolute atomic E-state index is 12.9. The minimum Gasteiger partial charge on any atom is -0.462 e. The Labute approximate surface area is 474 Å². The second-order valence-corrected chi connectivity index (χ2v) is 23.1. The molecule has 0 aliphatic carbocycles. The Morgan fingerprint density at radius 1 is 0.263 bits per heavy atom. The van der Waals surface area contributed by atoms with Gasteiger partial charge >= 0.3 is 17.9 Å². The highest BCUT2D eigenvalue weighted by atomic mass is 16.6. The van der Waals surface area contributed by atoms with Crippen molar-refractivity contribution in [2.45, 2.75) is 380 Å². The van der Waals surface area contributed by atoms with Gasteiger partial charge in [-0.3, -0.25) is 14.4 Å². The van der Waals surface area contributed by atoms with E-state index in [0.29, 0.717) is 19.3 Å². The van der Waals surface area contributed by atoms with E-state index in [1.165, 1.54) is 263 Å². The third kappa shape index (κ3) is 62.5. The summed E-state index contributed by atoms with van der Waals surface area (Å²) in [5.74, 6) is -0.856. The van der Waals surface area contributed by atoms with Crippen LogP contribution in [-0.2, 0) is 28.6 Å². The van der Waals surface area contributed by atoms with Gasteiger partial charge in [-0.25, -0.2) is 0 Å². The van der Waals surface area contributed by atoms with E-state index in [9.17, 15) is 14.4 Å². The van der Waals surface area contributed by atoms with Crippen molar-refractivity contribution < 1.29 is 28.6 Å². The van der Waals surface area contributed by atoms with Crippen LogP contribution in [0, 0.1) is 0 Å². The van der Waals surface area contributed by atoms with Crippen LogP contribution >= 0.6 is 0 Å². The van der Waals surface area contributed by atoms with Gasteiger partial charge in [0.15, 0.2) is 6.10 Å². The number of rotatable bonds is 63. The molecule has 0 heterocycles. The maximum atomic E-state index is 12.9. The number of ether oxygens (including phenoxy) is 3. The van der Waals surface area contributed by atoms with E-state index in [4.69, 9.17) is 14.2 Å². The molecule has 0 saturated heterocycles. The zero-order chi connectivity index (χ0) is 55.0. The Morgan fingerprint density at radius 3 is 0.750 bits per heavy atom. The summed E-state index contributed by atoms with van der Waals surface area (Å²) >= 11 is 0. The van der Waals surface area contributed by atoms with E-state index in [0.717, 1.165) is 70.6 Å². The van der Waals surface area contributed by atoms with Crippen molar-refractivity contribution >= 4 is 17.9 Å². The molecular weight excluding hydrogens is 937 g/mol. The summed E-state index contributed by atoms with van der Waals surface area (Å²) in [6.07, 6.45) is 80.2. The monoisotopic (exact) mass is 1070 g/mol. The van der Waals surface area contributed by atoms with Crippen molar-refractivity contribution in [1.82, 2.24) is 0 Å². The standard InChI is InChI=1S/C70H130O6/c1-4-7-10-13-16-19-22-25-27-29-31-33-35-37-38-40-42-45-48-51-54-57-60-63-69(72)75-66-67(65-74-68(71)62-59-56-53-50-47-44-24-21-18-15-12-9-6-3)76-70(73)64-61-58-55-52-49-46-43-41-39-36-34-32-30-28-26-23-20-17-14-11-8-5-2/h21-22,24-25,29,31,67H,4-20,23,26-28,30,32-66H2,1-3H3/b24-21-,25-22-,31-29-. The molecule has 0 aliphatic heterocycles. The van der Waals surface area contributed by atoms with Gasteiger partial charge in [0.1, 0.15) is 13.2 Å². The Bertz CT molecular complexity index is 1270. The highest BCUT2D eigenvalue weighted by Crippen LogP contribution is 2.18. The second kappa shape index (κ2) is 65.2. The van der Waals surface area contributed by atoms with Gasteiger partial charge in [-0.15, -0.1) is 0 Å². The second-order valence-electron chi connectivity index (χ2n) is 23.1. The van der Waals surface area contributed by atoms with Crippen LogP contribution in [0.15, 0.2) is 36.5 Å². The summed E-state index contributed by atoms with van der Waals surface area (Å²) in [6.45, 7) is 6.67. The number of carbonyl (C=O) groups excluding carboxylic acids is 3. The lowest BCUT2D eigenvalue weighted by atomic mass is 10.0. The van der Waals surface area contributed by atoms with E-state index in [-0.39, 0.29) is 31.1 Å². The Balaban J connectivity index is 4.26. The molecule has 0 aromatic rings. The molecule has 0 N–H and O–H groups in total. The predicted molar refractivity (Wildman–Crippen MR) is 330 cm³/mol. The molecule has 1 atom stereocenters. The van der Waals surface area contributed by atoms with E-state index in [1.807, 2.05) is 0 Å². The van der Waals surface area contributed by atoms with Crippen LogP contribution in [0.3, 0.4) is 0 Å². The third-order valence-electron chi connectivity index (χ3n) is 15.4. The van der Waals surface area contributed by atoms with Crippen LogP contribution in [0.1, 0.15) is 374 Å². The molecule has 0 fully saturated rings. The first-order valence-corrected chi connectivity index (χ1v) is 34.0. The number of hydrogen-bond donors (Lipinski definition) is 0. The molecule has 0 amide bonds. The van der Waals surface area contributed by atoms with Gasteiger partial charge in [-0.1, -0.05) is 314 Å². The van der Waals surface area contributed by atoms with Gasteiger partial charge in [0.05, 0.1) is 0 Å². The summed E-state index contributed by atoms with van der Waals surface area (Å²) in [6, 6.07) is 0. The van der Waals surface area contributed by atoms with Crippen molar-refractivity contribution in [1.29, 1.82) is 0 Å². The van der Waals surface area contributed by atoms with Gasteiger partial charge in [-0.2, -0.15) is 0 Å². The number of hydrogen-bond acceptors (Lipinski definition) is 6. The zero-order valence-corrected chi connectivity index (χ0v) is 51.3. The SMILES string of the molecule is CCCCCC/C=C\CCCCCCCC(=O)OCC(COC(=O)CCCCCCCCCCCCC/C=C\C/C=C\CCCCCCC)OC(=O)CCCCCCCCCCCCCCCCCCCCCCCC. The molecule has 446 valence electrons. The van der Waals surface area contributed by atoms with Crippen molar-refractivity contribution in [3.8, 4) is 0 Å². The summed E-state index contributed by atoms with van der Waals surface area (Å²) in [7, 11) is 0. The molecule has 1 unspecified atom stereocenters. The summed E-state index contributed by atoms with van der Waals surface area (Å²) in [4.78, 5) is 38.4. The maximum Gasteiger partial charge on any atom is 0.306 e. The fourth-order valence-corrected chi connectivity index (χ4v) is 10.2. The molecule has 0 spiro atoms. The zero-order valence-electron chi connectivity index (χ0n) is 51.3. The average Bonchev–Trinajstić information content (AvgIpc) is 3.42. The molecular formula is C70H130O6. The fraction of sp³-hybridized carbons (Fsp3) is 0.871. The minimum absolute atomic E-state index is 0.0714. The van der Waals surface area contributed by atoms with E-state index in [2.05, 4.69) is 57.2 Å². The molecule has 76 heavy (non-hydrogen) atoms. The number of unbranched alkanes of at least 4 members (excludes halogenated alkanes) is 46. The lowest BCUT2D eigenvalue weighted by molar-refractivity contribution is -0.167. The number of carbonyl (C=O) groups is 3. The van der Waals surface area contributed by atoms with Crippen molar-refractivity contribution in [3.63, 3.8) is 0 Å². The Hall–Kier alpha value is -2.37. The largest absolute Gasteiger partial charge is 0.462 e. The van der Waals surface area contributed by atoms with Gasteiger partial charge in [0.25, 0.3) is 0 Å². The Morgan fingerprint density at radius 2 is 0.474 bits per heavy atom. The molecule has 6 heteroatoms. The molecule has 6 nitrogen and oxygen atoms in total. The van der Waals surface area contributed by atoms with Gasteiger partial charge < -0.3 is 14.2 Å². The van der Waals surface area contributed by atoms with Crippen molar-refractivity contribution in [3.05, 3.63) is 36.5 Å². The quantitative estimate of drug-likeness (QED) is 0.0261. The smallest absolute Gasteiger partial charge is 0.306 e. The summed E-state index contributed by atoms with van der Waals surface area (Å²) in [5, 5.41) is 0. The normalized spacial score (nSPS) is 12.2. The molecule has 0 aromatic heterocycles. The lowest BCUT2D eigenvalue weighted by Crippen LogP contribution is -2.30. The topological polar surface area (TPSA) is 78.9 Å². The first-order chi connectivity index (χ1) is 37.5. The van der Waals surface area contributed by atoms with Crippen molar-refractivity contribution in [2.24, 2.45) is 0 Å². The van der Waals surface area contributed by atoms with E-state index < -0.39 is 6.10 Å². The predicted octanol–water partition coefficient (Wildman–Crippen LogP) is 23.2. The molecule has 0 bridgehead atoms. The van der Waals surface area contributed by atoms with Gasteiger partial charge in [0.2, 0.25) is 0 Å². The van der Waals surface area contributed by atoms with Crippen LogP contribution in [0.4, 0.5) is 0 Å². The number of allylic oxidation sites excluding steroid dienone is 6. The van der Waals surface area contributed by atoms with Crippen LogP contribution in [0.5, 0.6) is 0 Å². The van der Waals surface area contributed by atoms with Gasteiger partial charge in [0, 0.05) is 19.3 Å². The molecule has 0 rings (SSSR count). The third-order valence-corrected chi connectivity index (χ3v) is 15.4. The average molecular weight is 1070 g/mol. The highest BCUT2D eigenvalue weighted by Gasteiger charge is 2.19. The summed E-state index contributed by atoms with van der Waals surface area (Å²) in [5.41, 5.74) is 0. The lowest BCUT2D eigenvalue weighted by Gasteiger charge is -2.18. The molecule has 0 aromatic carbocycles. The number of esters is 3. The highest BCUT2D eigenvalue weighted by molar-refractivity contribution is 5.71. The van der Waals surface area contributed by atoms with Crippen LogP contribution in [-0.4, -0.2) is 37.2 Å². The van der Waals surface area contributed by atoms with E-state index in [1.54, 1.807) is 0 Å².